The summed E-state index contributed by atoms with van der Waals surface area (Å²) in [5, 5.41) is 16.1. The van der Waals surface area contributed by atoms with Gasteiger partial charge < -0.3 is 5.32 Å². The van der Waals surface area contributed by atoms with Crippen molar-refractivity contribution in [1.29, 1.82) is 5.26 Å². The van der Waals surface area contributed by atoms with Gasteiger partial charge in [0.1, 0.15) is 0 Å². The van der Waals surface area contributed by atoms with Crippen molar-refractivity contribution in [1.82, 2.24) is 19.7 Å². The predicted octanol–water partition coefficient (Wildman–Crippen LogP) is 5.63. The molecular weight excluding hydrogens is 426 g/mol. The third-order valence-corrected chi connectivity index (χ3v) is 5.83. The molecule has 0 saturated heterocycles. The van der Waals surface area contributed by atoms with Crippen LogP contribution in [0.25, 0.3) is 11.3 Å². The summed E-state index contributed by atoms with van der Waals surface area (Å²) in [7, 11) is 0. The summed E-state index contributed by atoms with van der Waals surface area (Å²) in [6.45, 7) is 1.90. The number of aryl methyl sites for hydroxylation is 1. The third-order valence-electron chi connectivity index (χ3n) is 5.83. The third kappa shape index (κ3) is 5.40. The lowest BCUT2D eigenvalue weighted by atomic mass is 9.92. The highest BCUT2D eigenvalue weighted by atomic mass is 19.3. The summed E-state index contributed by atoms with van der Waals surface area (Å²) >= 11 is 0. The van der Waals surface area contributed by atoms with Crippen LogP contribution in [0.4, 0.5) is 20.4 Å². The van der Waals surface area contributed by atoms with E-state index < -0.39 is 5.92 Å². The SMILES string of the molecule is Cc1cnc(Nc2cnn(C3CCC(F)(F)CC3)c2)nc1-c1ccc(C(=O)CCC#N)cc1. The number of benzene rings is 1. The summed E-state index contributed by atoms with van der Waals surface area (Å²) in [5.74, 6) is -2.25. The number of nitrogens with zero attached hydrogens (tertiary/aromatic N) is 5. The number of hydrogen-bond donors (Lipinski definition) is 1. The van der Waals surface area contributed by atoms with Crippen LogP contribution in [0, 0.1) is 18.3 Å². The van der Waals surface area contributed by atoms with Crippen molar-refractivity contribution in [3.63, 3.8) is 0 Å². The van der Waals surface area contributed by atoms with Crippen molar-refractivity contribution in [2.75, 3.05) is 5.32 Å². The van der Waals surface area contributed by atoms with Gasteiger partial charge in [-0.25, -0.2) is 18.7 Å². The summed E-state index contributed by atoms with van der Waals surface area (Å²) in [6, 6.07) is 9.08. The number of carbonyl (C=O) groups excluding carboxylic acids is 1. The second-order valence-corrected chi connectivity index (χ2v) is 8.31. The molecule has 170 valence electrons. The van der Waals surface area contributed by atoms with Gasteiger partial charge in [-0.15, -0.1) is 0 Å². The first kappa shape index (κ1) is 22.5. The van der Waals surface area contributed by atoms with E-state index in [0.717, 1.165) is 16.8 Å². The molecule has 0 radical (unpaired) electrons. The van der Waals surface area contributed by atoms with E-state index in [9.17, 15) is 13.6 Å². The molecule has 0 atom stereocenters. The van der Waals surface area contributed by atoms with Crippen LogP contribution in [-0.4, -0.2) is 31.5 Å². The minimum atomic E-state index is -2.57. The van der Waals surface area contributed by atoms with Crippen molar-refractivity contribution < 1.29 is 13.6 Å². The average Bonchev–Trinajstić information content (AvgIpc) is 3.27. The fourth-order valence-corrected chi connectivity index (χ4v) is 3.94. The molecule has 3 aromatic rings. The molecule has 0 amide bonds. The number of anilines is 2. The van der Waals surface area contributed by atoms with Gasteiger partial charge in [0.05, 0.1) is 29.7 Å². The van der Waals surface area contributed by atoms with Crippen LogP contribution >= 0.6 is 0 Å². The lowest BCUT2D eigenvalue weighted by Crippen LogP contribution is -2.26. The van der Waals surface area contributed by atoms with E-state index in [1.807, 2.05) is 25.1 Å². The van der Waals surface area contributed by atoms with E-state index in [1.165, 1.54) is 0 Å². The highest BCUT2D eigenvalue weighted by molar-refractivity contribution is 5.96. The highest BCUT2D eigenvalue weighted by Gasteiger charge is 2.35. The van der Waals surface area contributed by atoms with Crippen molar-refractivity contribution in [2.45, 2.75) is 57.4 Å². The maximum Gasteiger partial charge on any atom is 0.248 e. The second-order valence-electron chi connectivity index (χ2n) is 8.31. The quantitative estimate of drug-likeness (QED) is 0.469. The number of alkyl halides is 2. The molecule has 1 saturated carbocycles. The number of ketones is 1. The fraction of sp³-hybridized carbons (Fsp3) is 0.375. The Morgan fingerprint density at radius 3 is 2.67 bits per heavy atom. The largest absolute Gasteiger partial charge is 0.321 e. The number of aromatic nitrogens is 4. The van der Waals surface area contributed by atoms with Crippen molar-refractivity contribution >= 4 is 17.4 Å². The molecule has 1 aliphatic carbocycles. The Labute approximate surface area is 190 Å². The fourth-order valence-electron chi connectivity index (χ4n) is 3.94. The summed E-state index contributed by atoms with van der Waals surface area (Å²) in [6.07, 6.45) is 6.10. The van der Waals surface area contributed by atoms with Gasteiger partial charge in [-0.05, 0) is 25.3 Å². The van der Waals surface area contributed by atoms with E-state index in [-0.39, 0.29) is 37.5 Å². The molecule has 1 aliphatic rings. The van der Waals surface area contributed by atoms with Gasteiger partial charge in [-0.2, -0.15) is 10.4 Å². The van der Waals surface area contributed by atoms with Crippen LogP contribution in [-0.2, 0) is 0 Å². The summed E-state index contributed by atoms with van der Waals surface area (Å²) in [5.41, 5.74) is 3.69. The van der Waals surface area contributed by atoms with Crippen LogP contribution < -0.4 is 5.32 Å². The number of nitrogens with one attached hydrogen (secondary N) is 1. The number of nitriles is 1. The number of hydrogen-bond acceptors (Lipinski definition) is 6. The van der Waals surface area contributed by atoms with Gasteiger partial charge in [-0.1, -0.05) is 24.3 Å². The molecule has 1 aromatic carbocycles. The maximum absolute atomic E-state index is 13.4. The zero-order valence-electron chi connectivity index (χ0n) is 18.3. The van der Waals surface area contributed by atoms with E-state index in [2.05, 4.69) is 20.4 Å². The van der Waals surface area contributed by atoms with Crippen LogP contribution in [0.5, 0.6) is 0 Å². The Hall–Kier alpha value is -3.67. The first-order valence-electron chi connectivity index (χ1n) is 10.9. The number of Topliss-reactive ketones (excluding diaryl/α,β-unsaturated/α-hetero) is 1. The van der Waals surface area contributed by atoms with Gasteiger partial charge in [-0.3, -0.25) is 9.48 Å². The van der Waals surface area contributed by atoms with Gasteiger partial charge in [0, 0.05) is 49.2 Å². The lowest BCUT2D eigenvalue weighted by Gasteiger charge is -2.28. The molecule has 1 fully saturated rings. The lowest BCUT2D eigenvalue weighted by molar-refractivity contribution is -0.0449. The van der Waals surface area contributed by atoms with E-state index in [0.29, 0.717) is 30.0 Å². The van der Waals surface area contributed by atoms with Gasteiger partial charge in [0.25, 0.3) is 0 Å². The normalized spacial score (nSPS) is 15.7. The van der Waals surface area contributed by atoms with Crippen molar-refractivity contribution in [3.05, 3.63) is 54.0 Å². The Kier molecular flexibility index (Phi) is 6.45. The monoisotopic (exact) mass is 450 g/mol. The number of carbonyl (C=O) groups is 1. The number of halogens is 2. The second kappa shape index (κ2) is 9.45. The van der Waals surface area contributed by atoms with Crippen molar-refractivity contribution in [3.8, 4) is 17.3 Å². The Morgan fingerprint density at radius 1 is 1.24 bits per heavy atom. The molecule has 1 N–H and O–H groups in total. The Morgan fingerprint density at radius 2 is 1.97 bits per heavy atom. The molecule has 0 unspecified atom stereocenters. The average molecular weight is 450 g/mol. The molecule has 2 heterocycles. The van der Waals surface area contributed by atoms with Crippen LogP contribution in [0.3, 0.4) is 0 Å². The van der Waals surface area contributed by atoms with Crippen LogP contribution in [0.1, 0.15) is 60.5 Å². The van der Waals surface area contributed by atoms with E-state index >= 15 is 0 Å². The molecule has 9 heteroatoms. The van der Waals surface area contributed by atoms with Gasteiger partial charge in [0.15, 0.2) is 5.78 Å². The molecular formula is C24H24F2N6O. The van der Waals surface area contributed by atoms with Gasteiger partial charge >= 0.3 is 0 Å². The predicted molar refractivity (Wildman–Crippen MR) is 119 cm³/mol. The Balaban J connectivity index is 1.47. The maximum atomic E-state index is 13.4. The number of rotatable bonds is 7. The summed E-state index contributed by atoms with van der Waals surface area (Å²) in [4.78, 5) is 21.0. The zero-order valence-corrected chi connectivity index (χ0v) is 18.3. The minimum Gasteiger partial charge on any atom is -0.321 e. The highest BCUT2D eigenvalue weighted by Crippen LogP contribution is 2.38. The molecule has 0 bridgehead atoms. The zero-order chi connectivity index (χ0) is 23.4. The summed E-state index contributed by atoms with van der Waals surface area (Å²) < 4.78 is 28.6. The molecule has 7 nitrogen and oxygen atoms in total. The molecule has 0 aliphatic heterocycles. The first-order chi connectivity index (χ1) is 15.8. The minimum absolute atomic E-state index is 0.0379. The van der Waals surface area contributed by atoms with Crippen molar-refractivity contribution in [2.24, 2.45) is 0 Å². The Bertz CT molecular complexity index is 1170. The van der Waals surface area contributed by atoms with E-state index in [1.54, 1.807) is 35.4 Å². The molecule has 2 aromatic heterocycles. The smallest absolute Gasteiger partial charge is 0.248 e. The molecule has 4 rings (SSSR count). The molecule has 33 heavy (non-hydrogen) atoms. The van der Waals surface area contributed by atoms with Gasteiger partial charge in [0.2, 0.25) is 11.9 Å². The van der Waals surface area contributed by atoms with Crippen LogP contribution in [0.2, 0.25) is 0 Å². The standard InChI is InChI=1S/C24H24F2N6O/c1-16-13-28-23(30-19-14-29-32(15-19)20-8-10-24(25,26)11-9-20)31-22(16)18-6-4-17(5-7-18)21(33)3-2-12-27/h4-7,13-15,20H,2-3,8-11H2,1H3,(H,28,30,31). The van der Waals surface area contributed by atoms with Crippen LogP contribution in [0.15, 0.2) is 42.9 Å². The molecule has 0 spiro atoms. The first-order valence-corrected chi connectivity index (χ1v) is 10.9. The van der Waals surface area contributed by atoms with E-state index in [4.69, 9.17) is 5.26 Å². The topological polar surface area (TPSA) is 96.5 Å².